The molecule has 0 heterocycles. The van der Waals surface area contributed by atoms with Crippen molar-refractivity contribution in [3.05, 3.63) is 58.6 Å². The molecule has 0 saturated carbocycles. The summed E-state index contributed by atoms with van der Waals surface area (Å²) in [5, 5.41) is 3.82. The molecule has 1 N–H and O–H groups in total. The van der Waals surface area contributed by atoms with Gasteiger partial charge < -0.3 is 9.64 Å². The molecule has 24 heavy (non-hydrogen) atoms. The van der Waals surface area contributed by atoms with Gasteiger partial charge in [-0.05, 0) is 49.5 Å². The highest BCUT2D eigenvalue weighted by Gasteiger charge is 2.13. The van der Waals surface area contributed by atoms with Gasteiger partial charge in [0.25, 0.3) is 5.91 Å². The lowest BCUT2D eigenvalue weighted by molar-refractivity contribution is -0.121. The van der Waals surface area contributed by atoms with Crippen LogP contribution in [-0.2, 0) is 4.79 Å². The van der Waals surface area contributed by atoms with Crippen molar-refractivity contribution in [3.63, 3.8) is 0 Å². The number of para-hydroxylation sites is 1. The molecule has 0 fully saturated rings. The number of benzene rings is 2. The second kappa shape index (κ2) is 8.87. The fourth-order valence-corrected chi connectivity index (χ4v) is 2.82. The van der Waals surface area contributed by atoms with Crippen molar-refractivity contribution in [1.29, 1.82) is 0 Å². The van der Waals surface area contributed by atoms with Crippen molar-refractivity contribution in [2.75, 3.05) is 18.1 Å². The molecule has 0 aromatic heterocycles. The lowest BCUT2D eigenvalue weighted by Gasteiger charge is -2.23. The van der Waals surface area contributed by atoms with Crippen molar-refractivity contribution < 1.29 is 9.53 Å². The average Bonchev–Trinajstić information content (AvgIpc) is 2.55. The van der Waals surface area contributed by atoms with Gasteiger partial charge in [0.2, 0.25) is 0 Å². The van der Waals surface area contributed by atoms with Gasteiger partial charge in [-0.2, -0.15) is 0 Å². The SMILES string of the molecule is CCN(C(=S)NC(=O)COc1ccc(Cl)cc1Cl)c1ccccc1. The van der Waals surface area contributed by atoms with Crippen LogP contribution < -0.4 is 15.0 Å². The largest absolute Gasteiger partial charge is 0.482 e. The van der Waals surface area contributed by atoms with Gasteiger partial charge in [-0.15, -0.1) is 0 Å². The van der Waals surface area contributed by atoms with Gasteiger partial charge in [0.1, 0.15) is 5.75 Å². The first-order chi connectivity index (χ1) is 11.5. The number of carbonyl (C=O) groups is 1. The molecule has 0 aliphatic rings. The van der Waals surface area contributed by atoms with Crippen LogP contribution in [0.15, 0.2) is 48.5 Å². The van der Waals surface area contributed by atoms with Crippen LogP contribution in [-0.4, -0.2) is 24.2 Å². The van der Waals surface area contributed by atoms with Gasteiger partial charge in [0, 0.05) is 17.3 Å². The highest BCUT2D eigenvalue weighted by molar-refractivity contribution is 7.80. The molecule has 0 aliphatic heterocycles. The summed E-state index contributed by atoms with van der Waals surface area (Å²) >= 11 is 17.1. The zero-order chi connectivity index (χ0) is 17.5. The summed E-state index contributed by atoms with van der Waals surface area (Å²) in [6, 6.07) is 14.4. The van der Waals surface area contributed by atoms with Gasteiger partial charge >= 0.3 is 0 Å². The summed E-state index contributed by atoms with van der Waals surface area (Å²) in [4.78, 5) is 13.9. The summed E-state index contributed by atoms with van der Waals surface area (Å²) in [7, 11) is 0. The van der Waals surface area contributed by atoms with Crippen LogP contribution in [0, 0.1) is 0 Å². The minimum absolute atomic E-state index is 0.201. The van der Waals surface area contributed by atoms with E-state index in [2.05, 4.69) is 5.32 Å². The van der Waals surface area contributed by atoms with Crippen molar-refractivity contribution in [1.82, 2.24) is 5.32 Å². The molecule has 7 heteroatoms. The van der Waals surface area contributed by atoms with E-state index in [-0.39, 0.29) is 12.5 Å². The first-order valence-electron chi connectivity index (χ1n) is 7.25. The quantitative estimate of drug-likeness (QED) is 0.782. The molecular weight excluding hydrogens is 367 g/mol. The van der Waals surface area contributed by atoms with E-state index in [1.165, 1.54) is 0 Å². The smallest absolute Gasteiger partial charge is 0.264 e. The molecule has 0 saturated heterocycles. The van der Waals surface area contributed by atoms with Gasteiger partial charge in [0.15, 0.2) is 11.7 Å². The van der Waals surface area contributed by atoms with Crippen LogP contribution in [0.1, 0.15) is 6.92 Å². The molecule has 4 nitrogen and oxygen atoms in total. The number of hydrogen-bond acceptors (Lipinski definition) is 3. The van der Waals surface area contributed by atoms with E-state index in [0.717, 1.165) is 5.69 Å². The van der Waals surface area contributed by atoms with Gasteiger partial charge in [0.05, 0.1) is 5.02 Å². The number of ether oxygens (including phenoxy) is 1. The number of rotatable bonds is 5. The lowest BCUT2D eigenvalue weighted by Crippen LogP contribution is -2.44. The third-order valence-corrected chi connectivity index (χ3v) is 3.98. The Hall–Kier alpha value is -1.82. The van der Waals surface area contributed by atoms with Crippen LogP contribution in [0.5, 0.6) is 5.75 Å². The summed E-state index contributed by atoms with van der Waals surface area (Å²) < 4.78 is 5.39. The molecule has 2 aromatic rings. The summed E-state index contributed by atoms with van der Waals surface area (Å²) in [6.45, 7) is 2.39. The third kappa shape index (κ3) is 5.09. The number of nitrogens with one attached hydrogen (secondary N) is 1. The van der Waals surface area contributed by atoms with Gasteiger partial charge in [-0.25, -0.2) is 0 Å². The summed E-state index contributed by atoms with van der Waals surface area (Å²) in [6.07, 6.45) is 0. The topological polar surface area (TPSA) is 41.6 Å². The second-order valence-corrected chi connectivity index (χ2v) is 6.03. The first-order valence-corrected chi connectivity index (χ1v) is 8.42. The molecule has 2 aromatic carbocycles. The first kappa shape index (κ1) is 18.5. The Morgan fingerprint density at radius 1 is 1.21 bits per heavy atom. The Morgan fingerprint density at radius 3 is 2.54 bits per heavy atom. The number of halogens is 2. The molecule has 0 unspecified atom stereocenters. The number of carbonyl (C=O) groups excluding carboxylic acids is 1. The predicted octanol–water partition coefficient (Wildman–Crippen LogP) is 4.30. The van der Waals surface area contributed by atoms with Crippen LogP contribution in [0.3, 0.4) is 0 Å². The number of amides is 1. The fraction of sp³-hybridized carbons (Fsp3) is 0.176. The maximum atomic E-state index is 12.0. The van der Waals surface area contributed by atoms with Gasteiger partial charge in [-0.3, -0.25) is 10.1 Å². The van der Waals surface area contributed by atoms with E-state index < -0.39 is 0 Å². The number of thiocarbonyl (C=S) groups is 1. The van der Waals surface area contributed by atoms with E-state index in [1.54, 1.807) is 18.2 Å². The van der Waals surface area contributed by atoms with E-state index in [1.807, 2.05) is 42.2 Å². The minimum Gasteiger partial charge on any atom is -0.482 e. The Balaban J connectivity index is 1.92. The monoisotopic (exact) mass is 382 g/mol. The Morgan fingerprint density at radius 2 is 1.92 bits per heavy atom. The van der Waals surface area contributed by atoms with Crippen molar-refractivity contribution in [2.45, 2.75) is 6.92 Å². The molecule has 0 radical (unpaired) electrons. The van der Waals surface area contributed by atoms with E-state index in [4.69, 9.17) is 40.2 Å². The Kier molecular flexibility index (Phi) is 6.85. The van der Waals surface area contributed by atoms with Crippen LogP contribution in [0.2, 0.25) is 10.0 Å². The highest BCUT2D eigenvalue weighted by atomic mass is 35.5. The second-order valence-electron chi connectivity index (χ2n) is 4.80. The zero-order valence-electron chi connectivity index (χ0n) is 13.0. The number of anilines is 1. The highest BCUT2D eigenvalue weighted by Crippen LogP contribution is 2.27. The van der Waals surface area contributed by atoms with Crippen molar-refractivity contribution >= 4 is 52.1 Å². The molecule has 0 atom stereocenters. The van der Waals surface area contributed by atoms with Crippen LogP contribution in [0.25, 0.3) is 0 Å². The molecule has 0 aliphatic carbocycles. The van der Waals surface area contributed by atoms with Gasteiger partial charge in [-0.1, -0.05) is 41.4 Å². The minimum atomic E-state index is -0.361. The fourth-order valence-electron chi connectivity index (χ4n) is 2.01. The van der Waals surface area contributed by atoms with Crippen LogP contribution in [0.4, 0.5) is 5.69 Å². The van der Waals surface area contributed by atoms with Crippen LogP contribution >= 0.6 is 35.4 Å². The van der Waals surface area contributed by atoms with Crippen molar-refractivity contribution in [3.8, 4) is 5.75 Å². The number of nitrogens with zero attached hydrogens (tertiary/aromatic N) is 1. The number of hydrogen-bond donors (Lipinski definition) is 1. The van der Waals surface area contributed by atoms with E-state index in [0.29, 0.717) is 27.5 Å². The standard InChI is InChI=1S/C17H16Cl2N2O2S/c1-2-21(13-6-4-3-5-7-13)17(24)20-16(22)11-23-15-9-8-12(18)10-14(15)19/h3-10H,2,11H2,1H3,(H,20,22,24). The van der Waals surface area contributed by atoms with E-state index in [9.17, 15) is 4.79 Å². The van der Waals surface area contributed by atoms with E-state index >= 15 is 0 Å². The zero-order valence-corrected chi connectivity index (χ0v) is 15.3. The average molecular weight is 383 g/mol. The summed E-state index contributed by atoms with van der Waals surface area (Å²) in [5.41, 5.74) is 0.909. The maximum absolute atomic E-state index is 12.0. The van der Waals surface area contributed by atoms with Crippen molar-refractivity contribution in [2.24, 2.45) is 0 Å². The molecule has 0 bridgehead atoms. The maximum Gasteiger partial charge on any atom is 0.264 e. The Bertz CT molecular complexity index is 726. The molecule has 126 valence electrons. The predicted molar refractivity (Wildman–Crippen MR) is 102 cm³/mol. The normalized spacial score (nSPS) is 10.1. The summed E-state index contributed by atoms with van der Waals surface area (Å²) in [5.74, 6) is 0.0259. The molecular formula is C17H16Cl2N2O2S. The molecule has 0 spiro atoms. The molecule has 2 rings (SSSR count). The third-order valence-electron chi connectivity index (χ3n) is 3.13. The lowest BCUT2D eigenvalue weighted by atomic mass is 10.3. The molecule has 1 amide bonds. The Labute approximate surface area is 156 Å².